The Kier molecular flexibility index (Phi) is 4.79. The number of hydrogen-bond acceptors (Lipinski definition) is 7. The number of nitrogens with zero attached hydrogens (tertiary/aromatic N) is 4. The average molecular weight is 432 g/mol. The van der Waals surface area contributed by atoms with Gasteiger partial charge < -0.3 is 4.74 Å². The van der Waals surface area contributed by atoms with Crippen LogP contribution >= 0.6 is 11.3 Å². The third-order valence-electron chi connectivity index (χ3n) is 5.13. The Bertz CT molecular complexity index is 1380. The first kappa shape index (κ1) is 19.1. The minimum absolute atomic E-state index is 0.113. The highest BCUT2D eigenvalue weighted by atomic mass is 32.1. The summed E-state index contributed by atoms with van der Waals surface area (Å²) in [6, 6.07) is 11.9. The van der Waals surface area contributed by atoms with E-state index in [4.69, 9.17) is 4.74 Å². The second kappa shape index (κ2) is 7.77. The molecule has 0 unspecified atom stereocenters. The molecule has 9 heteroatoms. The van der Waals surface area contributed by atoms with Crippen molar-refractivity contribution in [3.05, 3.63) is 90.9 Å². The second-order valence-corrected chi connectivity index (χ2v) is 7.83. The Balaban J connectivity index is 1.42. The zero-order valence-corrected chi connectivity index (χ0v) is 17.0. The fourth-order valence-corrected chi connectivity index (χ4v) is 4.13. The molecule has 0 fully saturated rings. The van der Waals surface area contributed by atoms with E-state index in [1.54, 1.807) is 10.1 Å². The standard InChI is InChI=1S/C22H16N4O4S/c27-22-19-10-17(26(28)29)3-6-20(19)24-21-15(7-8-25(21)22)9-14-1-4-18(5-2-14)30-11-16-12-31-13-23-16/h1-6,9-10,12-13H,7-8,11H2. The van der Waals surface area contributed by atoms with Gasteiger partial charge in [0.1, 0.15) is 18.2 Å². The first-order valence-corrected chi connectivity index (χ1v) is 10.5. The van der Waals surface area contributed by atoms with Gasteiger partial charge in [-0.2, -0.15) is 0 Å². The number of thiazole rings is 1. The molecule has 31 heavy (non-hydrogen) atoms. The summed E-state index contributed by atoms with van der Waals surface area (Å²) in [5.74, 6) is 1.36. The minimum Gasteiger partial charge on any atom is -0.487 e. The summed E-state index contributed by atoms with van der Waals surface area (Å²) >= 11 is 1.53. The molecule has 4 aromatic rings. The molecule has 0 aliphatic carbocycles. The van der Waals surface area contributed by atoms with E-state index in [0.29, 0.717) is 30.9 Å². The summed E-state index contributed by atoms with van der Waals surface area (Å²) in [4.78, 5) is 32.2. The molecular formula is C22H16N4O4S. The van der Waals surface area contributed by atoms with Crippen LogP contribution in [0.4, 0.5) is 5.69 Å². The van der Waals surface area contributed by atoms with Crippen molar-refractivity contribution in [1.82, 2.24) is 14.5 Å². The van der Waals surface area contributed by atoms with E-state index < -0.39 is 4.92 Å². The number of benzene rings is 2. The molecule has 0 spiro atoms. The van der Waals surface area contributed by atoms with Gasteiger partial charge in [-0.15, -0.1) is 11.3 Å². The SMILES string of the molecule is O=c1c2cc([N+](=O)[O-])ccc2nc2n1CCC2=Cc1ccc(OCc2cscn2)cc1. The van der Waals surface area contributed by atoms with Crippen molar-refractivity contribution in [2.75, 3.05) is 0 Å². The van der Waals surface area contributed by atoms with Crippen molar-refractivity contribution >= 4 is 39.6 Å². The van der Waals surface area contributed by atoms with Crippen LogP contribution in [-0.2, 0) is 13.2 Å². The molecule has 8 nitrogen and oxygen atoms in total. The van der Waals surface area contributed by atoms with Crippen LogP contribution in [-0.4, -0.2) is 19.5 Å². The summed E-state index contributed by atoms with van der Waals surface area (Å²) in [5.41, 5.74) is 4.69. The van der Waals surface area contributed by atoms with Gasteiger partial charge in [0.05, 0.1) is 27.0 Å². The highest BCUT2D eigenvalue weighted by molar-refractivity contribution is 7.07. The van der Waals surface area contributed by atoms with Crippen molar-refractivity contribution in [2.24, 2.45) is 0 Å². The lowest BCUT2D eigenvalue weighted by atomic mass is 10.1. The topological polar surface area (TPSA) is 100 Å². The fourth-order valence-electron chi connectivity index (χ4n) is 3.58. The maximum Gasteiger partial charge on any atom is 0.270 e. The lowest BCUT2D eigenvalue weighted by Crippen LogP contribution is -2.20. The highest BCUT2D eigenvalue weighted by Crippen LogP contribution is 2.29. The Hall–Kier alpha value is -3.85. The van der Waals surface area contributed by atoms with E-state index >= 15 is 0 Å². The van der Waals surface area contributed by atoms with Crippen LogP contribution in [0.3, 0.4) is 0 Å². The Morgan fingerprint density at radius 2 is 2.06 bits per heavy atom. The number of rotatable bonds is 5. The Morgan fingerprint density at radius 1 is 1.23 bits per heavy atom. The molecule has 0 saturated carbocycles. The van der Waals surface area contributed by atoms with Crippen LogP contribution in [0.15, 0.2) is 58.1 Å². The number of fused-ring (bicyclic) bond motifs is 2. The van der Waals surface area contributed by atoms with Gasteiger partial charge in [0, 0.05) is 24.1 Å². The van der Waals surface area contributed by atoms with Crippen LogP contribution in [0.25, 0.3) is 22.6 Å². The van der Waals surface area contributed by atoms with Gasteiger partial charge >= 0.3 is 0 Å². The van der Waals surface area contributed by atoms with Crippen LogP contribution in [0.5, 0.6) is 5.75 Å². The molecule has 0 N–H and O–H groups in total. The lowest BCUT2D eigenvalue weighted by molar-refractivity contribution is -0.384. The molecule has 0 radical (unpaired) electrons. The molecule has 0 amide bonds. The van der Waals surface area contributed by atoms with E-state index in [2.05, 4.69) is 9.97 Å². The van der Waals surface area contributed by atoms with Crippen molar-refractivity contribution in [1.29, 1.82) is 0 Å². The molecule has 0 bridgehead atoms. The summed E-state index contributed by atoms with van der Waals surface area (Å²) in [6.07, 6.45) is 2.68. The van der Waals surface area contributed by atoms with Gasteiger partial charge in [0.15, 0.2) is 0 Å². The Labute approximate surface area is 180 Å². The molecular weight excluding hydrogens is 416 g/mol. The van der Waals surface area contributed by atoms with Crippen molar-refractivity contribution < 1.29 is 9.66 Å². The number of allylic oxidation sites excluding steroid dienone is 1. The molecule has 2 aromatic heterocycles. The van der Waals surface area contributed by atoms with E-state index in [1.165, 1.54) is 29.5 Å². The molecule has 154 valence electrons. The van der Waals surface area contributed by atoms with Gasteiger partial charge in [0.25, 0.3) is 11.2 Å². The maximum atomic E-state index is 12.9. The number of ether oxygens (including phenoxy) is 1. The number of non-ortho nitro benzene ring substituents is 1. The van der Waals surface area contributed by atoms with Crippen molar-refractivity contribution in [2.45, 2.75) is 19.6 Å². The highest BCUT2D eigenvalue weighted by Gasteiger charge is 2.22. The van der Waals surface area contributed by atoms with E-state index in [9.17, 15) is 14.9 Å². The van der Waals surface area contributed by atoms with Crippen molar-refractivity contribution in [3.63, 3.8) is 0 Å². The van der Waals surface area contributed by atoms with Crippen LogP contribution in [0, 0.1) is 10.1 Å². The third kappa shape index (κ3) is 3.71. The molecule has 1 aliphatic rings. The summed E-state index contributed by atoms with van der Waals surface area (Å²) in [6.45, 7) is 0.926. The number of hydrogen-bond donors (Lipinski definition) is 0. The Morgan fingerprint density at radius 3 is 2.81 bits per heavy atom. The average Bonchev–Trinajstić information content (AvgIpc) is 3.44. The first-order valence-electron chi connectivity index (χ1n) is 9.58. The van der Waals surface area contributed by atoms with E-state index in [0.717, 1.165) is 22.6 Å². The minimum atomic E-state index is -0.508. The fraction of sp³-hybridized carbons (Fsp3) is 0.136. The predicted octanol–water partition coefficient (Wildman–Crippen LogP) is 4.28. The third-order valence-corrected chi connectivity index (χ3v) is 5.77. The maximum absolute atomic E-state index is 12.9. The summed E-state index contributed by atoms with van der Waals surface area (Å²) < 4.78 is 7.33. The van der Waals surface area contributed by atoms with Gasteiger partial charge in [0.2, 0.25) is 0 Å². The molecule has 0 atom stereocenters. The van der Waals surface area contributed by atoms with Crippen LogP contribution in [0.1, 0.15) is 23.5 Å². The van der Waals surface area contributed by atoms with Gasteiger partial charge in [-0.3, -0.25) is 19.5 Å². The smallest absolute Gasteiger partial charge is 0.270 e. The summed E-state index contributed by atoms with van der Waals surface area (Å²) in [7, 11) is 0. The number of nitro groups is 1. The molecule has 2 aromatic carbocycles. The van der Waals surface area contributed by atoms with Gasteiger partial charge in [-0.05, 0) is 41.8 Å². The predicted molar refractivity (Wildman–Crippen MR) is 118 cm³/mol. The number of aromatic nitrogens is 3. The largest absolute Gasteiger partial charge is 0.487 e. The number of nitro benzene ring substituents is 1. The zero-order chi connectivity index (χ0) is 21.4. The molecule has 5 rings (SSSR count). The molecule has 3 heterocycles. The summed E-state index contributed by atoms with van der Waals surface area (Å²) in [5, 5.41) is 13.2. The lowest BCUT2D eigenvalue weighted by Gasteiger charge is -2.06. The van der Waals surface area contributed by atoms with E-state index in [1.807, 2.05) is 35.7 Å². The normalized spacial score (nSPS) is 14.1. The second-order valence-electron chi connectivity index (χ2n) is 7.11. The van der Waals surface area contributed by atoms with Crippen LogP contribution < -0.4 is 10.3 Å². The van der Waals surface area contributed by atoms with Crippen molar-refractivity contribution in [3.8, 4) is 5.75 Å². The first-order chi connectivity index (χ1) is 15.1. The molecule has 0 saturated heterocycles. The van der Waals surface area contributed by atoms with Gasteiger partial charge in [-0.25, -0.2) is 9.97 Å². The molecule has 1 aliphatic heterocycles. The zero-order valence-electron chi connectivity index (χ0n) is 16.2. The van der Waals surface area contributed by atoms with E-state index in [-0.39, 0.29) is 16.6 Å². The van der Waals surface area contributed by atoms with Gasteiger partial charge in [-0.1, -0.05) is 12.1 Å². The monoisotopic (exact) mass is 432 g/mol. The van der Waals surface area contributed by atoms with Crippen LogP contribution in [0.2, 0.25) is 0 Å². The quantitative estimate of drug-likeness (QED) is 0.345.